The zero-order chi connectivity index (χ0) is 22.1. The molecule has 1 amide bonds. The zero-order valence-electron chi connectivity index (χ0n) is 16.8. The second-order valence-electron chi connectivity index (χ2n) is 7.56. The Morgan fingerprint density at radius 2 is 1.74 bits per heavy atom. The number of nitrogens with one attached hydrogen (secondary N) is 1. The number of nitrogens with zero attached hydrogens (tertiary/aromatic N) is 2. The molecule has 1 fully saturated rings. The van der Waals surface area contributed by atoms with Crippen molar-refractivity contribution < 1.29 is 21.6 Å². The number of benzene rings is 2. The van der Waals surface area contributed by atoms with Crippen molar-refractivity contribution in [3.05, 3.63) is 59.7 Å². The number of carbonyl (C=O) groups is 1. The fraction of sp³-hybridized carbons (Fsp3) is 0.333. The molecule has 1 N–H and O–H groups in total. The molecule has 0 saturated carbocycles. The van der Waals surface area contributed by atoms with Gasteiger partial charge in [-0.25, -0.2) is 22.3 Å². The Bertz CT molecular complexity index is 1250. The van der Waals surface area contributed by atoms with Crippen LogP contribution in [0.5, 0.6) is 0 Å². The van der Waals surface area contributed by atoms with Crippen LogP contribution in [0.4, 0.5) is 0 Å². The fourth-order valence-corrected chi connectivity index (χ4v) is 6.86. The third-order valence-corrected chi connectivity index (χ3v) is 9.14. The van der Waals surface area contributed by atoms with E-state index in [1.807, 2.05) is 0 Å². The lowest BCUT2D eigenvalue weighted by atomic mass is 10.1. The molecule has 0 radical (unpaired) electrons. The minimum absolute atomic E-state index is 0.0730. The molecular weight excluding hydrogens is 438 g/mol. The third-order valence-electron chi connectivity index (χ3n) is 5.48. The molecule has 2 heterocycles. The number of hydrogen-bond donors (Lipinski definition) is 1. The number of piperidine rings is 1. The van der Waals surface area contributed by atoms with Crippen molar-refractivity contribution in [3.8, 4) is 0 Å². The first kappa shape index (κ1) is 21.7. The SMILES string of the molecule is O=C(NN=C1CCS(=O)(=O)c2ccccc21)c1cccc(S(=O)(=O)N2CCCCC2)c1. The first-order chi connectivity index (χ1) is 14.8. The van der Waals surface area contributed by atoms with Gasteiger partial charge in [0.2, 0.25) is 10.0 Å². The van der Waals surface area contributed by atoms with Crippen molar-refractivity contribution in [2.75, 3.05) is 18.8 Å². The van der Waals surface area contributed by atoms with E-state index in [0.717, 1.165) is 19.3 Å². The molecule has 0 unspecified atom stereocenters. The summed E-state index contributed by atoms with van der Waals surface area (Å²) in [6.07, 6.45) is 2.85. The summed E-state index contributed by atoms with van der Waals surface area (Å²) < 4.78 is 51.7. The van der Waals surface area contributed by atoms with Crippen LogP contribution < -0.4 is 5.43 Å². The maximum absolute atomic E-state index is 12.9. The standard InChI is InChI=1S/C21H23N3O5S2/c25-21(23-22-19-11-14-30(26,27)20-10-3-2-9-18(19)20)16-7-6-8-17(15-16)31(28,29)24-12-4-1-5-13-24/h2-3,6-10,15H,1,4-5,11-14H2,(H,23,25). The van der Waals surface area contributed by atoms with Gasteiger partial charge in [-0.1, -0.05) is 30.7 Å². The van der Waals surface area contributed by atoms with Gasteiger partial charge in [0.25, 0.3) is 5.91 Å². The van der Waals surface area contributed by atoms with Crippen LogP contribution in [0, 0.1) is 0 Å². The Morgan fingerprint density at radius 3 is 2.52 bits per heavy atom. The molecule has 0 atom stereocenters. The average Bonchev–Trinajstić information content (AvgIpc) is 2.79. The van der Waals surface area contributed by atoms with Crippen LogP contribution in [0.3, 0.4) is 0 Å². The Balaban J connectivity index is 1.56. The van der Waals surface area contributed by atoms with E-state index in [1.165, 1.54) is 34.6 Å². The van der Waals surface area contributed by atoms with E-state index in [4.69, 9.17) is 0 Å². The van der Waals surface area contributed by atoms with E-state index in [9.17, 15) is 21.6 Å². The van der Waals surface area contributed by atoms with Crippen LogP contribution in [0.15, 0.2) is 63.4 Å². The summed E-state index contributed by atoms with van der Waals surface area (Å²) in [7, 11) is -7.02. The summed E-state index contributed by atoms with van der Waals surface area (Å²) in [5.41, 5.74) is 3.54. The van der Waals surface area contributed by atoms with Crippen molar-refractivity contribution in [1.29, 1.82) is 0 Å². The highest BCUT2D eigenvalue weighted by atomic mass is 32.2. The van der Waals surface area contributed by atoms with Gasteiger partial charge in [0.15, 0.2) is 9.84 Å². The molecule has 0 aromatic heterocycles. The van der Waals surface area contributed by atoms with Crippen LogP contribution in [-0.4, -0.2) is 51.6 Å². The molecule has 31 heavy (non-hydrogen) atoms. The molecule has 2 aromatic carbocycles. The number of sulfone groups is 1. The molecule has 2 aliphatic heterocycles. The molecule has 0 bridgehead atoms. The highest BCUT2D eigenvalue weighted by molar-refractivity contribution is 7.91. The van der Waals surface area contributed by atoms with Crippen LogP contribution in [0.2, 0.25) is 0 Å². The third kappa shape index (κ3) is 4.41. The van der Waals surface area contributed by atoms with Gasteiger partial charge in [0.05, 0.1) is 21.3 Å². The van der Waals surface area contributed by atoms with Crippen molar-refractivity contribution in [2.24, 2.45) is 5.10 Å². The van der Waals surface area contributed by atoms with Gasteiger partial charge in [-0.15, -0.1) is 0 Å². The van der Waals surface area contributed by atoms with Crippen molar-refractivity contribution in [3.63, 3.8) is 0 Å². The number of rotatable bonds is 4. The minimum Gasteiger partial charge on any atom is -0.267 e. The molecule has 8 nitrogen and oxygen atoms in total. The quantitative estimate of drug-likeness (QED) is 0.701. The van der Waals surface area contributed by atoms with E-state index in [1.54, 1.807) is 18.2 Å². The van der Waals surface area contributed by atoms with Crippen LogP contribution in [0.25, 0.3) is 0 Å². The molecule has 1 saturated heterocycles. The van der Waals surface area contributed by atoms with Crippen molar-refractivity contribution in [1.82, 2.24) is 9.73 Å². The largest absolute Gasteiger partial charge is 0.271 e. The maximum atomic E-state index is 12.9. The average molecular weight is 462 g/mol. The van der Waals surface area contributed by atoms with Gasteiger partial charge in [0, 0.05) is 30.6 Å². The predicted molar refractivity (Wildman–Crippen MR) is 116 cm³/mol. The van der Waals surface area contributed by atoms with E-state index in [-0.39, 0.29) is 27.5 Å². The first-order valence-electron chi connectivity index (χ1n) is 10.1. The second-order valence-corrected chi connectivity index (χ2v) is 11.6. The van der Waals surface area contributed by atoms with Crippen LogP contribution in [0.1, 0.15) is 41.6 Å². The number of fused-ring (bicyclic) bond motifs is 1. The van der Waals surface area contributed by atoms with Crippen LogP contribution >= 0.6 is 0 Å². The maximum Gasteiger partial charge on any atom is 0.271 e. The lowest BCUT2D eigenvalue weighted by Gasteiger charge is -2.26. The van der Waals surface area contributed by atoms with Gasteiger partial charge in [-0.3, -0.25) is 4.79 Å². The molecule has 0 aliphatic carbocycles. The molecule has 164 valence electrons. The zero-order valence-corrected chi connectivity index (χ0v) is 18.5. The summed E-state index contributed by atoms with van der Waals surface area (Å²) in [4.78, 5) is 12.9. The number of hydrazone groups is 1. The Labute approximate surface area is 181 Å². The minimum atomic E-state index is -3.66. The number of hydrogen-bond acceptors (Lipinski definition) is 6. The Morgan fingerprint density at radius 1 is 1.00 bits per heavy atom. The lowest BCUT2D eigenvalue weighted by molar-refractivity contribution is 0.0954. The van der Waals surface area contributed by atoms with Crippen LogP contribution in [-0.2, 0) is 19.9 Å². The monoisotopic (exact) mass is 461 g/mol. The Hall–Kier alpha value is -2.56. The number of carbonyl (C=O) groups excluding carboxylic acids is 1. The highest BCUT2D eigenvalue weighted by Gasteiger charge is 2.28. The summed E-state index contributed by atoms with van der Waals surface area (Å²) in [5.74, 6) is -0.642. The molecule has 2 aromatic rings. The molecule has 10 heteroatoms. The van der Waals surface area contributed by atoms with Crippen molar-refractivity contribution >= 4 is 31.5 Å². The number of sulfonamides is 1. The van der Waals surface area contributed by atoms with Gasteiger partial charge < -0.3 is 0 Å². The van der Waals surface area contributed by atoms with E-state index in [0.29, 0.717) is 24.4 Å². The lowest BCUT2D eigenvalue weighted by Crippen LogP contribution is -2.35. The fourth-order valence-electron chi connectivity index (χ4n) is 3.80. The Kier molecular flexibility index (Phi) is 5.96. The van der Waals surface area contributed by atoms with Crippen molar-refractivity contribution in [2.45, 2.75) is 35.5 Å². The summed E-state index contributed by atoms with van der Waals surface area (Å²) in [5, 5.41) is 4.14. The summed E-state index contributed by atoms with van der Waals surface area (Å²) >= 11 is 0. The molecular formula is C21H23N3O5S2. The van der Waals surface area contributed by atoms with Gasteiger partial charge in [-0.05, 0) is 37.1 Å². The second kappa shape index (κ2) is 8.52. The van der Waals surface area contributed by atoms with E-state index < -0.39 is 25.8 Å². The summed E-state index contributed by atoms with van der Waals surface area (Å²) in [6, 6.07) is 12.4. The smallest absolute Gasteiger partial charge is 0.267 e. The normalized spacial score (nSPS) is 20.2. The van der Waals surface area contributed by atoms with E-state index >= 15 is 0 Å². The summed E-state index contributed by atoms with van der Waals surface area (Å²) in [6.45, 7) is 0.962. The predicted octanol–water partition coefficient (Wildman–Crippen LogP) is 2.17. The van der Waals surface area contributed by atoms with Gasteiger partial charge in [0.1, 0.15) is 0 Å². The first-order valence-corrected chi connectivity index (χ1v) is 13.2. The molecule has 2 aliphatic rings. The van der Waals surface area contributed by atoms with Gasteiger partial charge in [-0.2, -0.15) is 9.41 Å². The highest BCUT2D eigenvalue weighted by Crippen LogP contribution is 2.25. The van der Waals surface area contributed by atoms with Gasteiger partial charge >= 0.3 is 0 Å². The topological polar surface area (TPSA) is 113 Å². The molecule has 0 spiro atoms. The number of amides is 1. The molecule has 4 rings (SSSR count). The van der Waals surface area contributed by atoms with E-state index in [2.05, 4.69) is 10.5 Å².